The van der Waals surface area contributed by atoms with Crippen molar-refractivity contribution in [1.82, 2.24) is 0 Å². The van der Waals surface area contributed by atoms with E-state index in [1.807, 2.05) is 6.07 Å². The summed E-state index contributed by atoms with van der Waals surface area (Å²) in [6.07, 6.45) is 1.05. The Morgan fingerprint density at radius 1 is 1.00 bits per heavy atom. The first kappa shape index (κ1) is 16.3. The van der Waals surface area contributed by atoms with Gasteiger partial charge < -0.3 is 9.47 Å². The van der Waals surface area contributed by atoms with Gasteiger partial charge in [-0.3, -0.25) is 0 Å². The number of rotatable bonds is 4. The van der Waals surface area contributed by atoms with E-state index in [1.54, 1.807) is 43.3 Å². The van der Waals surface area contributed by atoms with Crippen molar-refractivity contribution in [3.8, 4) is 5.75 Å². The summed E-state index contributed by atoms with van der Waals surface area (Å²) in [5.74, 6) is -0.124. The highest BCUT2D eigenvalue weighted by Gasteiger charge is 2.47. The van der Waals surface area contributed by atoms with Crippen molar-refractivity contribution in [2.45, 2.75) is 17.4 Å². The molecule has 0 saturated carbocycles. The SMILES string of the molecule is COc1ccc(S(=O)(=O)C2=CC(=O)O[C@]2(C)c2ccccc2)cc1. The zero-order chi connectivity index (χ0) is 17.4. The number of carbonyl (C=O) groups is 1. The van der Waals surface area contributed by atoms with Gasteiger partial charge in [0.05, 0.1) is 12.0 Å². The van der Waals surface area contributed by atoms with Gasteiger partial charge >= 0.3 is 5.97 Å². The highest BCUT2D eigenvalue weighted by atomic mass is 32.2. The van der Waals surface area contributed by atoms with E-state index in [9.17, 15) is 13.2 Å². The predicted molar refractivity (Wildman–Crippen MR) is 88.1 cm³/mol. The smallest absolute Gasteiger partial charge is 0.333 e. The van der Waals surface area contributed by atoms with Crippen LogP contribution < -0.4 is 4.74 Å². The van der Waals surface area contributed by atoms with Gasteiger partial charge in [-0.05, 0) is 31.2 Å². The van der Waals surface area contributed by atoms with E-state index >= 15 is 0 Å². The van der Waals surface area contributed by atoms with Gasteiger partial charge in [-0.2, -0.15) is 0 Å². The van der Waals surface area contributed by atoms with Crippen molar-refractivity contribution >= 4 is 15.8 Å². The molecule has 2 aromatic carbocycles. The molecular formula is C18H16O5S. The van der Waals surface area contributed by atoms with Gasteiger partial charge in [0.1, 0.15) is 10.7 Å². The lowest BCUT2D eigenvalue weighted by molar-refractivity contribution is -0.145. The van der Waals surface area contributed by atoms with Crippen LogP contribution in [0.25, 0.3) is 0 Å². The Morgan fingerprint density at radius 3 is 2.21 bits per heavy atom. The zero-order valence-corrected chi connectivity index (χ0v) is 14.0. The van der Waals surface area contributed by atoms with Crippen molar-refractivity contribution in [3.05, 3.63) is 71.1 Å². The summed E-state index contributed by atoms with van der Waals surface area (Å²) in [4.78, 5) is 11.8. The van der Waals surface area contributed by atoms with Crippen LogP contribution in [0, 0.1) is 0 Å². The first-order chi connectivity index (χ1) is 11.4. The topological polar surface area (TPSA) is 69.7 Å². The van der Waals surface area contributed by atoms with Crippen molar-refractivity contribution in [2.24, 2.45) is 0 Å². The number of carbonyl (C=O) groups excluding carboxylic acids is 1. The molecule has 1 heterocycles. The number of ether oxygens (including phenoxy) is 2. The third kappa shape index (κ3) is 2.59. The van der Waals surface area contributed by atoms with Crippen molar-refractivity contribution in [3.63, 3.8) is 0 Å². The highest BCUT2D eigenvalue weighted by Crippen LogP contribution is 2.43. The molecule has 0 saturated heterocycles. The Labute approximate surface area is 140 Å². The fourth-order valence-electron chi connectivity index (χ4n) is 2.70. The second-order valence-electron chi connectivity index (χ2n) is 5.51. The molecule has 0 amide bonds. The lowest BCUT2D eigenvalue weighted by atomic mass is 9.96. The Balaban J connectivity index is 2.11. The van der Waals surface area contributed by atoms with Crippen LogP contribution in [0.3, 0.4) is 0 Å². The lowest BCUT2D eigenvalue weighted by Crippen LogP contribution is -2.29. The normalized spacial score (nSPS) is 20.4. The minimum Gasteiger partial charge on any atom is -0.497 e. The van der Waals surface area contributed by atoms with Gasteiger partial charge in [-0.25, -0.2) is 13.2 Å². The summed E-state index contributed by atoms with van der Waals surface area (Å²) in [6.45, 7) is 1.58. The summed E-state index contributed by atoms with van der Waals surface area (Å²) >= 11 is 0. The minimum atomic E-state index is -3.89. The summed E-state index contributed by atoms with van der Waals surface area (Å²) in [5.41, 5.74) is -0.754. The van der Waals surface area contributed by atoms with Gasteiger partial charge in [0.2, 0.25) is 9.84 Å². The van der Waals surface area contributed by atoms with Crippen molar-refractivity contribution in [1.29, 1.82) is 0 Å². The third-order valence-corrected chi connectivity index (χ3v) is 5.99. The monoisotopic (exact) mass is 344 g/mol. The number of benzene rings is 2. The minimum absolute atomic E-state index is 0.0728. The number of sulfone groups is 1. The van der Waals surface area contributed by atoms with E-state index in [4.69, 9.17) is 9.47 Å². The van der Waals surface area contributed by atoms with Crippen LogP contribution >= 0.6 is 0 Å². The fraction of sp³-hybridized carbons (Fsp3) is 0.167. The number of methoxy groups -OCH3 is 1. The van der Waals surface area contributed by atoms with Gasteiger partial charge in [0.15, 0.2) is 5.60 Å². The number of hydrogen-bond donors (Lipinski definition) is 0. The van der Waals surface area contributed by atoms with Gasteiger partial charge in [-0.1, -0.05) is 30.3 Å². The van der Waals surface area contributed by atoms with Crippen molar-refractivity contribution in [2.75, 3.05) is 7.11 Å². The van der Waals surface area contributed by atoms with Gasteiger partial charge in [0, 0.05) is 11.6 Å². The Morgan fingerprint density at radius 2 is 1.62 bits per heavy atom. The summed E-state index contributed by atoms with van der Waals surface area (Å²) in [5, 5.41) is 0. The molecule has 0 unspecified atom stereocenters. The average Bonchev–Trinajstić information content (AvgIpc) is 2.92. The van der Waals surface area contributed by atoms with Crippen LogP contribution in [0.2, 0.25) is 0 Å². The van der Waals surface area contributed by atoms with Crippen molar-refractivity contribution < 1.29 is 22.7 Å². The standard InChI is InChI=1S/C18H16O5S/c1-18(13-6-4-3-5-7-13)16(12-17(19)23-18)24(20,21)15-10-8-14(22-2)9-11-15/h3-12H,1-2H3/t18-/m1/s1. The Hall–Kier alpha value is -2.60. The number of esters is 1. The van der Waals surface area contributed by atoms with E-state index in [1.165, 1.54) is 19.2 Å². The zero-order valence-electron chi connectivity index (χ0n) is 13.2. The molecule has 24 heavy (non-hydrogen) atoms. The molecule has 0 bridgehead atoms. The lowest BCUT2D eigenvalue weighted by Gasteiger charge is -2.27. The molecule has 5 nitrogen and oxygen atoms in total. The molecule has 0 fully saturated rings. The largest absolute Gasteiger partial charge is 0.497 e. The predicted octanol–water partition coefficient (Wildman–Crippen LogP) is 2.83. The molecule has 2 aromatic rings. The molecule has 3 rings (SSSR count). The Kier molecular flexibility index (Phi) is 3.93. The summed E-state index contributed by atoms with van der Waals surface area (Å²) in [7, 11) is -2.39. The number of hydrogen-bond acceptors (Lipinski definition) is 5. The Bertz CT molecular complexity index is 898. The van der Waals surface area contributed by atoms with E-state index in [0.717, 1.165) is 6.08 Å². The van der Waals surface area contributed by atoms with Crippen LogP contribution in [0.5, 0.6) is 5.75 Å². The molecule has 0 aromatic heterocycles. The average molecular weight is 344 g/mol. The summed E-state index contributed by atoms with van der Waals surface area (Å²) < 4.78 is 36.5. The number of cyclic esters (lactones) is 1. The molecular weight excluding hydrogens is 328 g/mol. The molecule has 0 N–H and O–H groups in total. The maximum absolute atomic E-state index is 13.0. The first-order valence-corrected chi connectivity index (χ1v) is 8.76. The molecule has 0 radical (unpaired) electrons. The van der Waals surface area contributed by atoms with Crippen LogP contribution in [-0.2, 0) is 25.0 Å². The second kappa shape index (κ2) is 5.79. The van der Waals surface area contributed by atoms with E-state index in [2.05, 4.69) is 0 Å². The van der Waals surface area contributed by atoms with Crippen LogP contribution in [0.1, 0.15) is 12.5 Å². The van der Waals surface area contributed by atoms with Crippen LogP contribution in [0.15, 0.2) is 70.5 Å². The third-order valence-electron chi connectivity index (χ3n) is 4.01. The molecule has 124 valence electrons. The molecule has 0 spiro atoms. The van der Waals surface area contributed by atoms with Crippen LogP contribution in [0.4, 0.5) is 0 Å². The van der Waals surface area contributed by atoms with Gasteiger partial charge in [-0.15, -0.1) is 0 Å². The molecule has 0 aliphatic carbocycles. The van der Waals surface area contributed by atoms with Crippen LogP contribution in [-0.4, -0.2) is 21.5 Å². The van der Waals surface area contributed by atoms with Gasteiger partial charge in [0.25, 0.3) is 0 Å². The fourth-order valence-corrected chi connectivity index (χ4v) is 4.37. The molecule has 6 heteroatoms. The molecule has 1 aliphatic heterocycles. The summed E-state index contributed by atoms with van der Waals surface area (Å²) in [6, 6.07) is 14.8. The molecule has 1 aliphatic rings. The quantitative estimate of drug-likeness (QED) is 0.798. The maximum atomic E-state index is 13.0. The maximum Gasteiger partial charge on any atom is 0.333 e. The van der Waals surface area contributed by atoms with E-state index < -0.39 is 21.4 Å². The molecule has 1 atom stereocenters. The van der Waals surface area contributed by atoms with E-state index in [-0.39, 0.29) is 9.80 Å². The first-order valence-electron chi connectivity index (χ1n) is 7.28. The second-order valence-corrected chi connectivity index (χ2v) is 7.43. The highest BCUT2D eigenvalue weighted by molar-refractivity contribution is 7.95. The van der Waals surface area contributed by atoms with E-state index in [0.29, 0.717) is 11.3 Å².